The number of piperazine rings is 1. The largest absolute Gasteiger partial charge is 0.360 e. The number of benzene rings is 1. The Hall–Kier alpha value is -3.17. The van der Waals surface area contributed by atoms with E-state index in [9.17, 15) is 13.2 Å². The summed E-state index contributed by atoms with van der Waals surface area (Å²) in [7, 11) is -3.70. The number of amides is 1. The molecule has 1 aliphatic heterocycles. The summed E-state index contributed by atoms with van der Waals surface area (Å²) in [6.07, 6.45) is 3.40. The van der Waals surface area contributed by atoms with Crippen LogP contribution in [0.25, 0.3) is 11.8 Å². The molecule has 1 amide bonds. The van der Waals surface area contributed by atoms with Gasteiger partial charge in [-0.25, -0.2) is 8.42 Å². The highest BCUT2D eigenvalue weighted by Gasteiger charge is 2.33. The zero-order valence-electron chi connectivity index (χ0n) is 20.2. The molecule has 34 heavy (non-hydrogen) atoms. The SMILES string of the molecule is Cc1ccc(-n2c(C)cc(/C=C/C(=O)N3CCN(S(=O)(=O)c4c(C)noc4C)CC3)c2C)cc1. The smallest absolute Gasteiger partial charge is 0.248 e. The predicted octanol–water partition coefficient (Wildman–Crippen LogP) is 3.55. The lowest BCUT2D eigenvalue weighted by Gasteiger charge is -2.33. The lowest BCUT2D eigenvalue weighted by Crippen LogP contribution is -2.50. The standard InChI is InChI=1S/C25H30N4O4S/c1-17-6-9-23(10-7-17)29-18(2)16-22(20(29)4)8-11-24(30)27-12-14-28(15-13-27)34(31,32)25-19(3)26-33-21(25)5/h6-11,16H,12-15H2,1-5H3/b11-8+. The number of hydrogen-bond donors (Lipinski definition) is 0. The van der Waals surface area contributed by atoms with Gasteiger partial charge in [0.15, 0.2) is 5.76 Å². The van der Waals surface area contributed by atoms with Crippen LogP contribution in [0.4, 0.5) is 0 Å². The lowest BCUT2D eigenvalue weighted by atomic mass is 10.2. The molecular weight excluding hydrogens is 452 g/mol. The van der Waals surface area contributed by atoms with Gasteiger partial charge in [0, 0.05) is 49.3 Å². The van der Waals surface area contributed by atoms with Crippen LogP contribution in [0.2, 0.25) is 0 Å². The van der Waals surface area contributed by atoms with Crippen LogP contribution in [0.1, 0.15) is 34.0 Å². The first-order chi connectivity index (χ1) is 16.1. The van der Waals surface area contributed by atoms with Gasteiger partial charge < -0.3 is 14.0 Å². The van der Waals surface area contributed by atoms with Crippen LogP contribution in [0.15, 0.2) is 45.8 Å². The topological polar surface area (TPSA) is 88.7 Å². The van der Waals surface area contributed by atoms with Gasteiger partial charge in [-0.3, -0.25) is 4.79 Å². The summed E-state index contributed by atoms with van der Waals surface area (Å²) in [6, 6.07) is 10.4. The van der Waals surface area contributed by atoms with Crippen LogP contribution >= 0.6 is 0 Å². The highest BCUT2D eigenvalue weighted by molar-refractivity contribution is 7.89. The highest BCUT2D eigenvalue weighted by atomic mass is 32.2. The Bertz CT molecular complexity index is 1320. The summed E-state index contributed by atoms with van der Waals surface area (Å²) in [5.41, 5.74) is 5.76. The molecule has 3 aromatic rings. The predicted molar refractivity (Wildman–Crippen MR) is 130 cm³/mol. The monoisotopic (exact) mass is 482 g/mol. The second kappa shape index (κ2) is 9.23. The molecule has 1 fully saturated rings. The Kier molecular flexibility index (Phi) is 6.51. The number of carbonyl (C=O) groups is 1. The van der Waals surface area contributed by atoms with Crippen molar-refractivity contribution < 1.29 is 17.7 Å². The second-order valence-corrected chi connectivity index (χ2v) is 10.6. The van der Waals surface area contributed by atoms with E-state index in [4.69, 9.17) is 4.52 Å². The maximum Gasteiger partial charge on any atom is 0.248 e. The first-order valence-corrected chi connectivity index (χ1v) is 12.7. The van der Waals surface area contributed by atoms with E-state index < -0.39 is 10.0 Å². The molecule has 4 rings (SSSR count). The van der Waals surface area contributed by atoms with Crippen molar-refractivity contribution in [2.45, 2.75) is 39.5 Å². The molecule has 180 valence electrons. The molecule has 3 heterocycles. The van der Waals surface area contributed by atoms with Crippen LogP contribution in [-0.2, 0) is 14.8 Å². The van der Waals surface area contributed by atoms with Gasteiger partial charge in [-0.15, -0.1) is 0 Å². The molecule has 0 radical (unpaired) electrons. The molecule has 9 heteroatoms. The van der Waals surface area contributed by atoms with E-state index in [0.29, 0.717) is 18.8 Å². The number of carbonyl (C=O) groups excluding carboxylic acids is 1. The minimum absolute atomic E-state index is 0.121. The number of sulfonamides is 1. The molecule has 0 saturated carbocycles. The van der Waals surface area contributed by atoms with Crippen LogP contribution in [0.5, 0.6) is 0 Å². The van der Waals surface area contributed by atoms with Crippen molar-refractivity contribution in [1.29, 1.82) is 0 Å². The van der Waals surface area contributed by atoms with Crippen molar-refractivity contribution in [1.82, 2.24) is 18.9 Å². The van der Waals surface area contributed by atoms with E-state index in [1.807, 2.05) is 19.9 Å². The number of hydrogen-bond acceptors (Lipinski definition) is 5. The first-order valence-electron chi connectivity index (χ1n) is 11.3. The fourth-order valence-electron chi connectivity index (χ4n) is 4.43. The molecule has 0 atom stereocenters. The molecule has 1 aliphatic rings. The van der Waals surface area contributed by atoms with Crippen molar-refractivity contribution >= 4 is 22.0 Å². The zero-order chi connectivity index (χ0) is 24.6. The molecule has 0 bridgehead atoms. The van der Waals surface area contributed by atoms with E-state index in [1.54, 1.807) is 24.8 Å². The summed E-state index contributed by atoms with van der Waals surface area (Å²) < 4.78 is 34.6. The highest BCUT2D eigenvalue weighted by Crippen LogP contribution is 2.25. The lowest BCUT2D eigenvalue weighted by molar-refractivity contribution is -0.127. The Morgan fingerprint density at radius 3 is 2.24 bits per heavy atom. The van der Waals surface area contributed by atoms with Crippen molar-refractivity contribution in [3.05, 3.63) is 70.4 Å². The summed E-state index contributed by atoms with van der Waals surface area (Å²) in [4.78, 5) is 14.6. The average Bonchev–Trinajstić information content (AvgIpc) is 3.30. The number of aromatic nitrogens is 2. The number of rotatable bonds is 5. The summed E-state index contributed by atoms with van der Waals surface area (Å²) in [5, 5.41) is 3.76. The van der Waals surface area contributed by atoms with Gasteiger partial charge in [-0.1, -0.05) is 22.9 Å². The number of aryl methyl sites for hydroxylation is 4. The summed E-state index contributed by atoms with van der Waals surface area (Å²) in [5.74, 6) is 0.150. The fraction of sp³-hybridized carbons (Fsp3) is 0.360. The molecule has 1 aromatic carbocycles. The van der Waals surface area contributed by atoms with E-state index in [2.05, 4.69) is 47.0 Å². The van der Waals surface area contributed by atoms with E-state index >= 15 is 0 Å². The van der Waals surface area contributed by atoms with Crippen LogP contribution in [-0.4, -0.2) is 59.4 Å². The van der Waals surface area contributed by atoms with E-state index in [1.165, 1.54) is 9.87 Å². The van der Waals surface area contributed by atoms with Gasteiger partial charge in [0.05, 0.1) is 0 Å². The molecule has 0 unspecified atom stereocenters. The molecule has 0 aliphatic carbocycles. The van der Waals surface area contributed by atoms with Crippen molar-refractivity contribution in [3.63, 3.8) is 0 Å². The van der Waals surface area contributed by atoms with E-state index in [0.717, 1.165) is 22.6 Å². The minimum atomic E-state index is -3.70. The first kappa shape index (κ1) is 24.0. The maximum absolute atomic E-state index is 13.0. The number of nitrogens with zero attached hydrogens (tertiary/aromatic N) is 4. The molecule has 0 N–H and O–H groups in total. The van der Waals surface area contributed by atoms with Crippen LogP contribution in [0.3, 0.4) is 0 Å². The van der Waals surface area contributed by atoms with Crippen molar-refractivity contribution in [2.24, 2.45) is 0 Å². The molecule has 0 spiro atoms. The van der Waals surface area contributed by atoms with Gasteiger partial charge in [0.1, 0.15) is 10.6 Å². The van der Waals surface area contributed by atoms with Crippen molar-refractivity contribution in [3.8, 4) is 5.69 Å². The van der Waals surface area contributed by atoms with Gasteiger partial charge >= 0.3 is 0 Å². The van der Waals surface area contributed by atoms with Crippen LogP contribution in [0, 0.1) is 34.6 Å². The molecule has 2 aromatic heterocycles. The third-order valence-corrected chi connectivity index (χ3v) is 8.43. The van der Waals surface area contributed by atoms with Gasteiger partial charge in [0.25, 0.3) is 0 Å². The maximum atomic E-state index is 13.0. The average molecular weight is 483 g/mol. The Labute approximate surface area is 200 Å². The minimum Gasteiger partial charge on any atom is -0.360 e. The summed E-state index contributed by atoms with van der Waals surface area (Å²) in [6.45, 7) is 10.5. The van der Waals surface area contributed by atoms with Crippen molar-refractivity contribution in [2.75, 3.05) is 26.2 Å². The molecular formula is C25H30N4O4S. The Balaban J connectivity index is 1.43. The Morgan fingerprint density at radius 1 is 1.00 bits per heavy atom. The zero-order valence-corrected chi connectivity index (χ0v) is 21.0. The van der Waals surface area contributed by atoms with Gasteiger partial charge in [-0.2, -0.15) is 4.31 Å². The molecule has 1 saturated heterocycles. The third kappa shape index (κ3) is 4.45. The third-order valence-electron chi connectivity index (χ3n) is 6.28. The van der Waals surface area contributed by atoms with Gasteiger partial charge in [0.2, 0.25) is 15.9 Å². The van der Waals surface area contributed by atoms with Gasteiger partial charge in [-0.05, 0) is 64.5 Å². The second-order valence-electron chi connectivity index (χ2n) is 8.71. The molecule has 8 nitrogen and oxygen atoms in total. The quantitative estimate of drug-likeness (QED) is 0.519. The Morgan fingerprint density at radius 2 is 1.65 bits per heavy atom. The fourth-order valence-corrected chi connectivity index (χ4v) is 6.15. The van der Waals surface area contributed by atoms with Crippen LogP contribution < -0.4 is 0 Å². The normalized spacial score (nSPS) is 15.4. The van der Waals surface area contributed by atoms with E-state index in [-0.39, 0.29) is 29.7 Å². The summed E-state index contributed by atoms with van der Waals surface area (Å²) >= 11 is 0.